The van der Waals surface area contributed by atoms with Gasteiger partial charge >= 0.3 is 0 Å². The first-order valence-corrected chi connectivity index (χ1v) is 6.50. The Morgan fingerprint density at radius 1 is 1.32 bits per heavy atom. The van der Waals surface area contributed by atoms with E-state index in [2.05, 4.69) is 5.32 Å². The quantitative estimate of drug-likeness (QED) is 0.825. The number of nitrogens with one attached hydrogen (secondary N) is 1. The number of carbonyl (C=O) groups excluding carboxylic acids is 1. The molecule has 2 N–H and O–H groups in total. The van der Waals surface area contributed by atoms with E-state index in [-0.39, 0.29) is 17.4 Å². The Kier molecular flexibility index (Phi) is 5.36. The molecule has 0 aliphatic heterocycles. The molecule has 106 valence electrons. The van der Waals surface area contributed by atoms with Crippen molar-refractivity contribution in [1.82, 2.24) is 5.32 Å². The summed E-state index contributed by atoms with van der Waals surface area (Å²) in [6.45, 7) is 8.07. The lowest BCUT2D eigenvalue weighted by Crippen LogP contribution is -2.37. The number of aliphatic hydroxyl groups is 1. The van der Waals surface area contributed by atoms with Crippen molar-refractivity contribution in [2.45, 2.75) is 39.2 Å². The van der Waals surface area contributed by atoms with Crippen LogP contribution < -0.4 is 10.1 Å². The minimum Gasteiger partial charge on any atom is -0.491 e. The number of carbonyl (C=O) groups is 1. The summed E-state index contributed by atoms with van der Waals surface area (Å²) < 4.78 is 5.59. The van der Waals surface area contributed by atoms with Gasteiger partial charge in [0.2, 0.25) is 5.91 Å². The molecule has 1 aromatic carbocycles. The fourth-order valence-corrected chi connectivity index (χ4v) is 1.73. The summed E-state index contributed by atoms with van der Waals surface area (Å²) in [5, 5.41) is 11.4. The van der Waals surface area contributed by atoms with Crippen LogP contribution in [0.1, 0.15) is 33.3 Å². The fraction of sp³-hybridized carbons (Fsp3) is 0.533. The van der Waals surface area contributed by atoms with Crippen LogP contribution in [0.3, 0.4) is 0 Å². The molecule has 0 aliphatic carbocycles. The SMILES string of the molecule is CC(C)Oc1ccc(C(C)(C)CNC(=O)CO)cc1. The van der Waals surface area contributed by atoms with Crippen molar-refractivity contribution >= 4 is 5.91 Å². The summed E-state index contributed by atoms with van der Waals surface area (Å²) in [6, 6.07) is 7.88. The zero-order valence-electron chi connectivity index (χ0n) is 12.1. The van der Waals surface area contributed by atoms with E-state index < -0.39 is 6.61 Å². The van der Waals surface area contributed by atoms with Gasteiger partial charge in [-0.1, -0.05) is 26.0 Å². The highest BCUT2D eigenvalue weighted by molar-refractivity contribution is 5.76. The Bertz CT molecular complexity index is 410. The average molecular weight is 265 g/mol. The molecule has 0 saturated carbocycles. The molecule has 0 saturated heterocycles. The number of hydrogen-bond donors (Lipinski definition) is 2. The number of rotatable bonds is 6. The van der Waals surface area contributed by atoms with Gasteiger partial charge in [-0.15, -0.1) is 0 Å². The van der Waals surface area contributed by atoms with Gasteiger partial charge in [-0.05, 0) is 31.5 Å². The summed E-state index contributed by atoms with van der Waals surface area (Å²) in [5.74, 6) is 0.488. The fourth-order valence-electron chi connectivity index (χ4n) is 1.73. The van der Waals surface area contributed by atoms with Crippen molar-refractivity contribution in [3.05, 3.63) is 29.8 Å². The maximum atomic E-state index is 11.1. The van der Waals surface area contributed by atoms with E-state index >= 15 is 0 Å². The molecule has 0 radical (unpaired) electrons. The van der Waals surface area contributed by atoms with Crippen LogP contribution in [0.2, 0.25) is 0 Å². The monoisotopic (exact) mass is 265 g/mol. The maximum Gasteiger partial charge on any atom is 0.245 e. The zero-order valence-corrected chi connectivity index (χ0v) is 12.1. The van der Waals surface area contributed by atoms with E-state index in [1.165, 1.54) is 0 Å². The van der Waals surface area contributed by atoms with Gasteiger partial charge in [0.15, 0.2) is 0 Å². The molecular weight excluding hydrogens is 242 g/mol. The van der Waals surface area contributed by atoms with Crippen molar-refractivity contribution in [2.24, 2.45) is 0 Å². The van der Waals surface area contributed by atoms with E-state index in [1.807, 2.05) is 52.0 Å². The molecule has 1 aromatic rings. The Balaban J connectivity index is 2.70. The van der Waals surface area contributed by atoms with Gasteiger partial charge in [0.1, 0.15) is 12.4 Å². The minimum atomic E-state index is -0.475. The molecule has 0 aliphatic rings. The van der Waals surface area contributed by atoms with Crippen molar-refractivity contribution in [2.75, 3.05) is 13.2 Å². The van der Waals surface area contributed by atoms with Crippen LogP contribution in [0, 0.1) is 0 Å². The second kappa shape index (κ2) is 6.57. The summed E-state index contributed by atoms with van der Waals surface area (Å²) in [5.41, 5.74) is 0.920. The van der Waals surface area contributed by atoms with Crippen LogP contribution >= 0.6 is 0 Å². The Morgan fingerprint density at radius 2 is 1.89 bits per heavy atom. The topological polar surface area (TPSA) is 58.6 Å². The summed E-state index contributed by atoms with van der Waals surface area (Å²) in [4.78, 5) is 11.1. The van der Waals surface area contributed by atoms with Crippen molar-refractivity contribution < 1.29 is 14.6 Å². The predicted octanol–water partition coefficient (Wildman–Crippen LogP) is 1.86. The molecule has 4 nitrogen and oxygen atoms in total. The Labute approximate surface area is 114 Å². The summed E-state index contributed by atoms with van der Waals surface area (Å²) in [7, 11) is 0. The van der Waals surface area contributed by atoms with Gasteiger partial charge in [-0.25, -0.2) is 0 Å². The third kappa shape index (κ3) is 4.91. The maximum absolute atomic E-state index is 11.1. The lowest BCUT2D eigenvalue weighted by atomic mass is 9.84. The average Bonchev–Trinajstić information content (AvgIpc) is 2.36. The van der Waals surface area contributed by atoms with Gasteiger partial charge in [0.05, 0.1) is 6.10 Å². The molecule has 0 atom stereocenters. The minimum absolute atomic E-state index is 0.155. The van der Waals surface area contributed by atoms with Crippen LogP contribution in [0.15, 0.2) is 24.3 Å². The van der Waals surface area contributed by atoms with E-state index in [4.69, 9.17) is 9.84 Å². The van der Waals surface area contributed by atoms with Gasteiger partial charge in [0, 0.05) is 12.0 Å². The number of amides is 1. The molecule has 19 heavy (non-hydrogen) atoms. The number of aliphatic hydroxyl groups excluding tert-OH is 1. The molecule has 0 unspecified atom stereocenters. The second-order valence-electron chi connectivity index (χ2n) is 5.51. The van der Waals surface area contributed by atoms with Crippen molar-refractivity contribution in [1.29, 1.82) is 0 Å². The van der Waals surface area contributed by atoms with Gasteiger partial charge in [-0.3, -0.25) is 4.79 Å². The largest absolute Gasteiger partial charge is 0.491 e. The first kappa shape index (κ1) is 15.5. The normalized spacial score (nSPS) is 11.5. The summed E-state index contributed by atoms with van der Waals surface area (Å²) >= 11 is 0. The van der Waals surface area contributed by atoms with Crippen LogP contribution in [-0.2, 0) is 10.2 Å². The van der Waals surface area contributed by atoms with E-state index in [0.717, 1.165) is 11.3 Å². The Morgan fingerprint density at radius 3 is 2.37 bits per heavy atom. The second-order valence-corrected chi connectivity index (χ2v) is 5.51. The standard InChI is InChI=1S/C15H23NO3/c1-11(2)19-13-7-5-12(6-8-13)15(3,4)10-16-14(18)9-17/h5-8,11,17H,9-10H2,1-4H3,(H,16,18). The lowest BCUT2D eigenvalue weighted by Gasteiger charge is -2.26. The van der Waals surface area contributed by atoms with Crippen LogP contribution in [0.4, 0.5) is 0 Å². The van der Waals surface area contributed by atoms with Crippen LogP contribution in [-0.4, -0.2) is 30.3 Å². The van der Waals surface area contributed by atoms with Crippen molar-refractivity contribution in [3.8, 4) is 5.75 Å². The highest BCUT2D eigenvalue weighted by Crippen LogP contribution is 2.25. The predicted molar refractivity (Wildman–Crippen MR) is 75.3 cm³/mol. The highest BCUT2D eigenvalue weighted by Gasteiger charge is 2.21. The third-order valence-corrected chi connectivity index (χ3v) is 2.88. The first-order chi connectivity index (χ1) is 8.85. The molecule has 0 bridgehead atoms. The van der Waals surface area contributed by atoms with E-state index in [9.17, 15) is 4.79 Å². The van der Waals surface area contributed by atoms with Crippen molar-refractivity contribution in [3.63, 3.8) is 0 Å². The zero-order chi connectivity index (χ0) is 14.5. The van der Waals surface area contributed by atoms with E-state index in [0.29, 0.717) is 6.54 Å². The summed E-state index contributed by atoms with van der Waals surface area (Å²) in [6.07, 6.45) is 0.155. The van der Waals surface area contributed by atoms with Gasteiger partial charge in [0.25, 0.3) is 0 Å². The first-order valence-electron chi connectivity index (χ1n) is 6.50. The number of benzene rings is 1. The Hall–Kier alpha value is -1.55. The molecular formula is C15H23NO3. The van der Waals surface area contributed by atoms with Gasteiger partial charge in [-0.2, -0.15) is 0 Å². The molecule has 0 heterocycles. The van der Waals surface area contributed by atoms with Gasteiger partial charge < -0.3 is 15.2 Å². The smallest absolute Gasteiger partial charge is 0.245 e. The van der Waals surface area contributed by atoms with Crippen LogP contribution in [0.5, 0.6) is 5.75 Å². The van der Waals surface area contributed by atoms with E-state index in [1.54, 1.807) is 0 Å². The highest BCUT2D eigenvalue weighted by atomic mass is 16.5. The number of hydrogen-bond acceptors (Lipinski definition) is 3. The molecule has 0 aromatic heterocycles. The number of ether oxygens (including phenoxy) is 1. The third-order valence-electron chi connectivity index (χ3n) is 2.88. The molecule has 4 heteroatoms. The lowest BCUT2D eigenvalue weighted by molar-refractivity contribution is -0.124. The molecule has 0 spiro atoms. The van der Waals surface area contributed by atoms with Crippen LogP contribution in [0.25, 0.3) is 0 Å². The molecule has 0 fully saturated rings. The molecule has 1 amide bonds. The molecule has 1 rings (SSSR count).